The Hall–Kier alpha value is -1.88. The molecule has 0 fully saturated rings. The Labute approximate surface area is 123 Å². The zero-order valence-electron chi connectivity index (χ0n) is 10.3. The maximum atomic E-state index is 14.4. The third kappa shape index (κ3) is 2.18. The summed E-state index contributed by atoms with van der Waals surface area (Å²) in [7, 11) is 0. The van der Waals surface area contributed by atoms with Crippen LogP contribution >= 0.6 is 15.9 Å². The quantitative estimate of drug-likeness (QED) is 0.657. The van der Waals surface area contributed by atoms with E-state index in [-0.39, 0.29) is 10.0 Å². The summed E-state index contributed by atoms with van der Waals surface area (Å²) in [5.41, 5.74) is 1.47. The van der Waals surface area contributed by atoms with Gasteiger partial charge in [-0.05, 0) is 52.3 Å². The molecule has 0 aliphatic heterocycles. The molecular formula is C15H11BrF2N2. The van der Waals surface area contributed by atoms with Crippen molar-refractivity contribution in [2.45, 2.75) is 5.92 Å². The van der Waals surface area contributed by atoms with E-state index in [1.165, 1.54) is 12.1 Å². The fraction of sp³-hybridized carbons (Fsp3) is 0.0667. The van der Waals surface area contributed by atoms with E-state index in [2.05, 4.69) is 25.9 Å². The van der Waals surface area contributed by atoms with Crippen LogP contribution in [0.4, 0.5) is 8.78 Å². The number of nitrogens with one attached hydrogen (secondary N) is 2. The summed E-state index contributed by atoms with van der Waals surface area (Å²) >= 11 is 3.11. The minimum absolute atomic E-state index is 0.0178. The first-order chi connectivity index (χ1) is 9.68. The number of aromatic nitrogens is 2. The van der Waals surface area contributed by atoms with Crippen LogP contribution in [0.5, 0.6) is 0 Å². The molecule has 0 amide bonds. The predicted molar refractivity (Wildman–Crippen MR) is 76.6 cm³/mol. The molecule has 0 saturated carbocycles. The molecule has 3 aromatic rings. The average molecular weight is 337 g/mol. The lowest BCUT2D eigenvalue weighted by Gasteiger charge is -2.17. The lowest BCUT2D eigenvalue weighted by molar-refractivity contribution is 0.544. The lowest BCUT2D eigenvalue weighted by Crippen LogP contribution is -2.09. The second-order valence-electron chi connectivity index (χ2n) is 4.44. The Balaban J connectivity index is 2.24. The maximum absolute atomic E-state index is 14.4. The molecule has 2 N–H and O–H groups in total. The summed E-state index contributed by atoms with van der Waals surface area (Å²) in [6.07, 6.45) is 3.47. The number of hydrogen-bond donors (Lipinski definition) is 2. The fourth-order valence-corrected chi connectivity index (χ4v) is 2.68. The molecule has 5 heteroatoms. The van der Waals surface area contributed by atoms with E-state index in [0.717, 1.165) is 11.4 Å². The highest BCUT2D eigenvalue weighted by atomic mass is 79.9. The van der Waals surface area contributed by atoms with Crippen LogP contribution in [-0.2, 0) is 0 Å². The molecule has 2 nitrogen and oxygen atoms in total. The van der Waals surface area contributed by atoms with Gasteiger partial charge in [0.1, 0.15) is 11.6 Å². The van der Waals surface area contributed by atoms with Gasteiger partial charge in [0, 0.05) is 29.3 Å². The predicted octanol–water partition coefficient (Wildman–Crippen LogP) is 4.56. The van der Waals surface area contributed by atoms with Crippen molar-refractivity contribution in [3.8, 4) is 0 Å². The van der Waals surface area contributed by atoms with Crippen LogP contribution < -0.4 is 0 Å². The molecule has 0 spiro atoms. The highest BCUT2D eigenvalue weighted by molar-refractivity contribution is 9.10. The summed E-state index contributed by atoms with van der Waals surface area (Å²) in [5.74, 6) is -1.70. The van der Waals surface area contributed by atoms with Crippen molar-refractivity contribution in [2.75, 3.05) is 0 Å². The van der Waals surface area contributed by atoms with Crippen molar-refractivity contribution in [1.29, 1.82) is 0 Å². The summed E-state index contributed by atoms with van der Waals surface area (Å²) < 4.78 is 28.8. The second kappa shape index (κ2) is 5.25. The zero-order valence-corrected chi connectivity index (χ0v) is 11.9. The van der Waals surface area contributed by atoms with E-state index in [9.17, 15) is 8.78 Å². The Kier molecular flexibility index (Phi) is 3.44. The number of rotatable bonds is 3. The molecule has 0 aliphatic carbocycles. The van der Waals surface area contributed by atoms with Crippen molar-refractivity contribution in [1.82, 2.24) is 9.97 Å². The van der Waals surface area contributed by atoms with Gasteiger partial charge in [-0.15, -0.1) is 0 Å². The van der Waals surface area contributed by atoms with Gasteiger partial charge in [0.05, 0.1) is 10.4 Å². The summed E-state index contributed by atoms with van der Waals surface area (Å²) in [4.78, 5) is 6.06. The standard InChI is InChI=1S/C15H11BrF2N2/c16-9-5-6-10(17)13(15(9)18)14(11-3-1-7-19-11)12-4-2-8-20-12/h1-8,14,19-20H. The summed E-state index contributed by atoms with van der Waals surface area (Å²) in [6.45, 7) is 0. The van der Waals surface area contributed by atoms with Gasteiger partial charge in [-0.2, -0.15) is 0 Å². The lowest BCUT2D eigenvalue weighted by atomic mass is 9.91. The molecule has 0 saturated heterocycles. The molecule has 0 unspecified atom stereocenters. The highest BCUT2D eigenvalue weighted by Gasteiger charge is 2.26. The number of aromatic amines is 2. The monoisotopic (exact) mass is 336 g/mol. The second-order valence-corrected chi connectivity index (χ2v) is 5.30. The average Bonchev–Trinajstić information content (AvgIpc) is 3.12. The van der Waals surface area contributed by atoms with Crippen molar-refractivity contribution in [3.05, 3.63) is 81.9 Å². The normalized spacial score (nSPS) is 11.2. The van der Waals surface area contributed by atoms with Crippen LogP contribution in [0.3, 0.4) is 0 Å². The van der Waals surface area contributed by atoms with E-state index in [0.29, 0.717) is 0 Å². The van der Waals surface area contributed by atoms with Gasteiger partial charge in [0.2, 0.25) is 0 Å². The Morgan fingerprint density at radius 1 is 0.900 bits per heavy atom. The SMILES string of the molecule is Fc1ccc(Br)c(F)c1C(c1ccc[nH]1)c1ccc[nH]1. The van der Waals surface area contributed by atoms with Crippen LogP contribution in [0, 0.1) is 11.6 Å². The van der Waals surface area contributed by atoms with Crippen molar-refractivity contribution in [2.24, 2.45) is 0 Å². The van der Waals surface area contributed by atoms with Crippen LogP contribution in [0.2, 0.25) is 0 Å². The minimum atomic E-state index is -0.584. The molecule has 0 atom stereocenters. The van der Waals surface area contributed by atoms with Crippen LogP contribution in [0.25, 0.3) is 0 Å². The maximum Gasteiger partial charge on any atom is 0.144 e. The van der Waals surface area contributed by atoms with Crippen LogP contribution in [0.15, 0.2) is 53.3 Å². The molecule has 1 aromatic carbocycles. The van der Waals surface area contributed by atoms with Crippen molar-refractivity contribution < 1.29 is 8.78 Å². The minimum Gasteiger partial charge on any atom is -0.364 e. The molecule has 102 valence electrons. The Morgan fingerprint density at radius 3 is 2.00 bits per heavy atom. The van der Waals surface area contributed by atoms with Gasteiger partial charge < -0.3 is 9.97 Å². The number of benzene rings is 1. The number of hydrogen-bond acceptors (Lipinski definition) is 0. The van der Waals surface area contributed by atoms with E-state index in [1.54, 1.807) is 24.5 Å². The number of halogens is 3. The number of H-pyrrole nitrogens is 2. The third-order valence-electron chi connectivity index (χ3n) is 3.23. The molecule has 3 rings (SSSR count). The van der Waals surface area contributed by atoms with Gasteiger partial charge in [-0.3, -0.25) is 0 Å². The van der Waals surface area contributed by atoms with Gasteiger partial charge in [-0.25, -0.2) is 8.78 Å². The third-order valence-corrected chi connectivity index (χ3v) is 3.85. The van der Waals surface area contributed by atoms with E-state index < -0.39 is 17.6 Å². The van der Waals surface area contributed by atoms with Gasteiger partial charge in [0.15, 0.2) is 0 Å². The fourth-order valence-electron chi connectivity index (χ4n) is 2.33. The first kappa shape index (κ1) is 13.1. The highest BCUT2D eigenvalue weighted by Crippen LogP contribution is 2.35. The van der Waals surface area contributed by atoms with Crippen molar-refractivity contribution >= 4 is 15.9 Å². The van der Waals surface area contributed by atoms with E-state index in [1.807, 2.05) is 12.1 Å². The molecule has 0 aliphatic rings. The molecular weight excluding hydrogens is 326 g/mol. The van der Waals surface area contributed by atoms with Gasteiger partial charge in [0.25, 0.3) is 0 Å². The first-order valence-electron chi connectivity index (χ1n) is 6.08. The molecule has 20 heavy (non-hydrogen) atoms. The summed E-state index contributed by atoms with van der Waals surface area (Å²) in [6, 6.07) is 9.87. The first-order valence-corrected chi connectivity index (χ1v) is 6.87. The van der Waals surface area contributed by atoms with Crippen LogP contribution in [0.1, 0.15) is 22.9 Å². The van der Waals surface area contributed by atoms with Gasteiger partial charge in [-0.1, -0.05) is 0 Å². The zero-order chi connectivity index (χ0) is 14.1. The van der Waals surface area contributed by atoms with E-state index in [4.69, 9.17) is 0 Å². The largest absolute Gasteiger partial charge is 0.364 e. The molecule has 0 radical (unpaired) electrons. The smallest absolute Gasteiger partial charge is 0.144 e. The molecule has 2 heterocycles. The Bertz CT molecular complexity index is 672. The van der Waals surface area contributed by atoms with Gasteiger partial charge >= 0.3 is 0 Å². The Morgan fingerprint density at radius 2 is 1.50 bits per heavy atom. The topological polar surface area (TPSA) is 31.6 Å². The molecule has 2 aromatic heterocycles. The van der Waals surface area contributed by atoms with E-state index >= 15 is 0 Å². The van der Waals surface area contributed by atoms with Crippen molar-refractivity contribution in [3.63, 3.8) is 0 Å². The van der Waals surface area contributed by atoms with Crippen LogP contribution in [-0.4, -0.2) is 9.97 Å². The molecule has 0 bridgehead atoms. The summed E-state index contributed by atoms with van der Waals surface area (Å²) in [5, 5.41) is 0.